The summed E-state index contributed by atoms with van der Waals surface area (Å²) in [5.41, 5.74) is 5.81. The van der Waals surface area contributed by atoms with E-state index in [4.69, 9.17) is 5.73 Å². The number of aliphatic hydroxyl groups excluding tert-OH is 1. The van der Waals surface area contributed by atoms with E-state index in [0.29, 0.717) is 11.3 Å². The molecule has 11 heteroatoms. The van der Waals surface area contributed by atoms with E-state index in [1.165, 1.54) is 6.07 Å². The van der Waals surface area contributed by atoms with Crippen LogP contribution in [0.1, 0.15) is 48.3 Å². The normalized spacial score (nSPS) is 12.7. The maximum absolute atomic E-state index is 14.8. The lowest BCUT2D eigenvalue weighted by Gasteiger charge is -2.11. The third-order valence-corrected chi connectivity index (χ3v) is 8.13. The van der Waals surface area contributed by atoms with Crippen LogP contribution in [0.4, 0.5) is 19.6 Å². The number of halogens is 2. The summed E-state index contributed by atoms with van der Waals surface area (Å²) in [6.45, 7) is 5.01. The average Bonchev–Trinajstić information content (AvgIpc) is 3.14. The highest BCUT2D eigenvalue weighted by molar-refractivity contribution is 7.90. The first-order chi connectivity index (χ1) is 16.4. The number of hydrogen-bond acceptors (Lipinski definition) is 7. The van der Waals surface area contributed by atoms with Crippen molar-refractivity contribution in [3.63, 3.8) is 0 Å². The van der Waals surface area contributed by atoms with E-state index in [1.807, 2.05) is 13.8 Å². The molecular formula is C24H27F2N3O4S2. The molecule has 0 bridgehead atoms. The number of aliphatic hydroxyl groups is 1. The van der Waals surface area contributed by atoms with Gasteiger partial charge in [0.15, 0.2) is 9.84 Å². The highest BCUT2D eigenvalue weighted by Crippen LogP contribution is 2.39. The first-order valence-electron chi connectivity index (χ1n) is 10.9. The number of amides is 1. The summed E-state index contributed by atoms with van der Waals surface area (Å²) in [5.74, 6) is -2.90. The van der Waals surface area contributed by atoms with E-state index in [9.17, 15) is 27.1 Å². The lowest BCUT2D eigenvalue weighted by Crippen LogP contribution is -2.15. The minimum atomic E-state index is -3.36. The number of pyridine rings is 1. The number of nitrogens with one attached hydrogen (secondary N) is 1. The number of primary amides is 1. The molecule has 1 amide bonds. The van der Waals surface area contributed by atoms with Crippen molar-refractivity contribution in [2.75, 3.05) is 17.7 Å². The first-order valence-corrected chi connectivity index (χ1v) is 13.5. The molecule has 0 aliphatic rings. The average molecular weight is 524 g/mol. The van der Waals surface area contributed by atoms with Gasteiger partial charge in [0.1, 0.15) is 22.5 Å². The third-order valence-electron chi connectivity index (χ3n) is 5.15. The van der Waals surface area contributed by atoms with Crippen LogP contribution in [0.5, 0.6) is 0 Å². The summed E-state index contributed by atoms with van der Waals surface area (Å²) in [7, 11) is -3.36. The second-order valence-electron chi connectivity index (χ2n) is 8.75. The molecule has 4 N–H and O–H groups in total. The molecular weight excluding hydrogens is 496 g/mol. The van der Waals surface area contributed by atoms with Crippen molar-refractivity contribution in [2.45, 2.75) is 32.4 Å². The van der Waals surface area contributed by atoms with Crippen molar-refractivity contribution in [3.8, 4) is 10.4 Å². The van der Waals surface area contributed by atoms with Crippen LogP contribution in [0.25, 0.3) is 10.4 Å². The van der Waals surface area contributed by atoms with Gasteiger partial charge in [0.2, 0.25) is 0 Å². The predicted octanol–water partition coefficient (Wildman–Crippen LogP) is 4.60. The molecule has 0 fully saturated rings. The Bertz CT molecular complexity index is 1320. The van der Waals surface area contributed by atoms with Crippen molar-refractivity contribution in [1.29, 1.82) is 0 Å². The molecule has 188 valence electrons. The summed E-state index contributed by atoms with van der Waals surface area (Å²) < 4.78 is 54.3. The van der Waals surface area contributed by atoms with Gasteiger partial charge in [-0.15, -0.1) is 11.3 Å². The zero-order valence-electron chi connectivity index (χ0n) is 19.5. The van der Waals surface area contributed by atoms with Gasteiger partial charge < -0.3 is 16.2 Å². The lowest BCUT2D eigenvalue weighted by atomic mass is 9.99. The number of carbonyl (C=O) groups excluding carboxylic acids is 1. The van der Waals surface area contributed by atoms with Gasteiger partial charge in [-0.05, 0) is 41.8 Å². The Morgan fingerprint density at radius 3 is 2.40 bits per heavy atom. The molecule has 3 aromatic rings. The van der Waals surface area contributed by atoms with Gasteiger partial charge in [-0.3, -0.25) is 4.79 Å². The largest absolute Gasteiger partial charge is 0.396 e. The molecule has 2 heterocycles. The van der Waals surface area contributed by atoms with Gasteiger partial charge in [0.05, 0.1) is 28.3 Å². The highest BCUT2D eigenvalue weighted by Gasteiger charge is 2.22. The number of hydrogen-bond donors (Lipinski definition) is 3. The van der Waals surface area contributed by atoms with Gasteiger partial charge in [0.25, 0.3) is 5.91 Å². The van der Waals surface area contributed by atoms with Crippen LogP contribution in [0.3, 0.4) is 0 Å². The molecule has 1 aromatic carbocycles. The van der Waals surface area contributed by atoms with Crippen molar-refractivity contribution in [3.05, 3.63) is 64.9 Å². The third kappa shape index (κ3) is 6.62. The fraction of sp³-hybridized carbons (Fsp3) is 0.333. The number of anilines is 2. The molecule has 3 rings (SSSR count). The summed E-state index contributed by atoms with van der Waals surface area (Å²) in [6, 6.07) is 8.38. The van der Waals surface area contributed by atoms with Crippen LogP contribution in [0.2, 0.25) is 0 Å². The zero-order chi connectivity index (χ0) is 25.9. The number of thiophene rings is 1. The Hall–Kier alpha value is -2.89. The molecule has 0 radical (unpaired) electrons. The van der Waals surface area contributed by atoms with Crippen LogP contribution >= 0.6 is 11.3 Å². The summed E-state index contributed by atoms with van der Waals surface area (Å²) in [5, 5.41) is 12.4. The van der Waals surface area contributed by atoms with E-state index in [-0.39, 0.29) is 50.9 Å². The SMILES string of the molecule is CC(C)CS(=O)(=O)Cc1cccc(Nc2sc(-c3c(F)cc(C(C)CO)cc3F)cc2C(N)=O)n1. The van der Waals surface area contributed by atoms with Crippen LogP contribution in [-0.2, 0) is 15.6 Å². The lowest BCUT2D eigenvalue weighted by molar-refractivity contribution is 0.100. The Kier molecular flexibility index (Phi) is 8.24. The number of carbonyl (C=O) groups is 1. The van der Waals surface area contributed by atoms with Gasteiger partial charge in [-0.1, -0.05) is 26.8 Å². The zero-order valence-corrected chi connectivity index (χ0v) is 21.1. The Balaban J connectivity index is 1.95. The van der Waals surface area contributed by atoms with Crippen LogP contribution in [-0.4, -0.2) is 36.8 Å². The quantitative estimate of drug-likeness (QED) is 0.357. The number of rotatable bonds is 10. The Morgan fingerprint density at radius 1 is 1.17 bits per heavy atom. The van der Waals surface area contributed by atoms with Crippen LogP contribution in [0.15, 0.2) is 36.4 Å². The first kappa shape index (κ1) is 26.7. The van der Waals surface area contributed by atoms with E-state index in [1.54, 1.807) is 25.1 Å². The summed E-state index contributed by atoms with van der Waals surface area (Å²) in [6.07, 6.45) is 0. The van der Waals surface area contributed by atoms with E-state index < -0.39 is 33.3 Å². The number of benzene rings is 1. The second kappa shape index (κ2) is 10.8. The smallest absolute Gasteiger partial charge is 0.251 e. The maximum Gasteiger partial charge on any atom is 0.251 e. The molecule has 7 nitrogen and oxygen atoms in total. The number of aromatic nitrogens is 1. The Labute approximate surface area is 206 Å². The fourth-order valence-corrected chi connectivity index (χ4v) is 6.41. The fourth-order valence-electron chi connectivity index (χ4n) is 3.55. The molecule has 1 unspecified atom stereocenters. The number of nitrogens with zero attached hydrogens (tertiary/aromatic N) is 1. The maximum atomic E-state index is 14.8. The van der Waals surface area contributed by atoms with E-state index in [2.05, 4.69) is 10.3 Å². The summed E-state index contributed by atoms with van der Waals surface area (Å²) >= 11 is 0.912. The second-order valence-corrected chi connectivity index (χ2v) is 11.9. The standard InChI is InChI=1S/C24H27F2N3O4S2/c1-13(2)11-35(32,33)12-16-5-4-6-21(28-16)29-24-17(23(27)31)9-20(34-24)22-18(25)7-15(8-19(22)26)14(3)10-30/h4-9,13-14,30H,10-12H2,1-3H3,(H2,27,31)(H,28,29). The van der Waals surface area contributed by atoms with Crippen LogP contribution < -0.4 is 11.1 Å². The molecule has 0 saturated carbocycles. The summed E-state index contributed by atoms with van der Waals surface area (Å²) in [4.78, 5) is 16.5. The molecule has 2 aromatic heterocycles. The molecule has 35 heavy (non-hydrogen) atoms. The van der Waals surface area contributed by atoms with Gasteiger partial charge in [0, 0.05) is 17.4 Å². The molecule has 0 aliphatic heterocycles. The van der Waals surface area contributed by atoms with Gasteiger partial charge >= 0.3 is 0 Å². The molecule has 1 atom stereocenters. The predicted molar refractivity (Wildman–Crippen MR) is 134 cm³/mol. The molecule has 0 aliphatic carbocycles. The van der Waals surface area contributed by atoms with Crippen molar-refractivity contribution in [1.82, 2.24) is 4.98 Å². The Morgan fingerprint density at radius 2 is 1.83 bits per heavy atom. The molecule has 0 saturated heterocycles. The van der Waals surface area contributed by atoms with Gasteiger partial charge in [-0.2, -0.15) is 0 Å². The number of sulfone groups is 1. The monoisotopic (exact) mass is 523 g/mol. The van der Waals surface area contributed by atoms with Crippen LogP contribution in [0, 0.1) is 17.6 Å². The highest BCUT2D eigenvalue weighted by atomic mass is 32.2. The minimum absolute atomic E-state index is 0.0104. The van der Waals surface area contributed by atoms with Crippen molar-refractivity contribution < 1.29 is 27.1 Å². The minimum Gasteiger partial charge on any atom is -0.396 e. The van der Waals surface area contributed by atoms with Crippen molar-refractivity contribution in [2.24, 2.45) is 11.7 Å². The van der Waals surface area contributed by atoms with E-state index >= 15 is 0 Å². The molecule has 0 spiro atoms. The van der Waals surface area contributed by atoms with E-state index in [0.717, 1.165) is 23.5 Å². The van der Waals surface area contributed by atoms with Gasteiger partial charge in [-0.25, -0.2) is 22.2 Å². The topological polar surface area (TPSA) is 122 Å². The number of nitrogens with two attached hydrogens (primary N) is 1. The van der Waals surface area contributed by atoms with Crippen molar-refractivity contribution >= 4 is 37.9 Å².